The summed E-state index contributed by atoms with van der Waals surface area (Å²) >= 11 is 0. The van der Waals surface area contributed by atoms with Gasteiger partial charge in [-0.25, -0.2) is 8.42 Å². The number of benzene rings is 2. The van der Waals surface area contributed by atoms with Gasteiger partial charge in [-0.2, -0.15) is 4.31 Å². The fourth-order valence-electron chi connectivity index (χ4n) is 3.37. The van der Waals surface area contributed by atoms with Gasteiger partial charge in [0.1, 0.15) is 0 Å². The van der Waals surface area contributed by atoms with E-state index in [9.17, 15) is 8.42 Å². The molecule has 1 aliphatic heterocycles. The highest BCUT2D eigenvalue weighted by atomic mass is 32.2. The summed E-state index contributed by atoms with van der Waals surface area (Å²) in [7, 11) is -3.44. The Kier molecular flexibility index (Phi) is 4.65. The maximum atomic E-state index is 13.0. The Labute approximate surface area is 144 Å². The predicted molar refractivity (Wildman–Crippen MR) is 97.9 cm³/mol. The molecule has 0 radical (unpaired) electrons. The van der Waals surface area contributed by atoms with Gasteiger partial charge < -0.3 is 4.90 Å². The number of rotatable bonds is 3. The fourth-order valence-corrected chi connectivity index (χ4v) is 5.09. The second-order valence-electron chi connectivity index (χ2n) is 6.51. The van der Waals surface area contributed by atoms with Crippen LogP contribution in [-0.4, -0.2) is 38.4 Å². The Morgan fingerprint density at radius 1 is 1.00 bits per heavy atom. The normalized spacial score (nSPS) is 19.5. The molecule has 0 spiro atoms. The van der Waals surface area contributed by atoms with Crippen molar-refractivity contribution in [2.24, 2.45) is 0 Å². The monoisotopic (exact) mass is 344 g/mol. The molecule has 1 atom stereocenters. The van der Waals surface area contributed by atoms with Gasteiger partial charge in [0, 0.05) is 31.4 Å². The maximum Gasteiger partial charge on any atom is 0.243 e. The molecule has 0 saturated carbocycles. The van der Waals surface area contributed by atoms with Crippen molar-refractivity contribution in [1.29, 1.82) is 0 Å². The van der Waals surface area contributed by atoms with Crippen LogP contribution in [0.4, 0.5) is 5.69 Å². The third-order valence-electron chi connectivity index (χ3n) is 4.63. The van der Waals surface area contributed by atoms with E-state index in [-0.39, 0.29) is 6.04 Å². The first kappa shape index (κ1) is 17.0. The van der Waals surface area contributed by atoms with Crippen molar-refractivity contribution in [3.8, 4) is 0 Å². The first-order valence-corrected chi connectivity index (χ1v) is 9.72. The minimum atomic E-state index is -3.44. The van der Waals surface area contributed by atoms with Gasteiger partial charge in [0.15, 0.2) is 0 Å². The zero-order chi connectivity index (χ0) is 17.3. The summed E-state index contributed by atoms with van der Waals surface area (Å²) in [5, 5.41) is 0. The maximum absolute atomic E-state index is 13.0. The highest BCUT2D eigenvalue weighted by Crippen LogP contribution is 2.26. The fraction of sp³-hybridized carbons (Fsp3) is 0.368. The van der Waals surface area contributed by atoms with Gasteiger partial charge in [0.25, 0.3) is 0 Å². The molecular weight excluding hydrogens is 320 g/mol. The van der Waals surface area contributed by atoms with Crippen LogP contribution in [-0.2, 0) is 10.0 Å². The van der Waals surface area contributed by atoms with Gasteiger partial charge in [-0.1, -0.05) is 35.9 Å². The summed E-state index contributed by atoms with van der Waals surface area (Å²) in [6.07, 6.45) is 0. The largest absolute Gasteiger partial charge is 0.366 e. The number of hydrogen-bond acceptors (Lipinski definition) is 3. The number of aryl methyl sites for hydroxylation is 2. The molecule has 1 heterocycles. The molecule has 3 rings (SSSR count). The summed E-state index contributed by atoms with van der Waals surface area (Å²) < 4.78 is 27.7. The van der Waals surface area contributed by atoms with Crippen molar-refractivity contribution >= 4 is 15.7 Å². The van der Waals surface area contributed by atoms with Gasteiger partial charge in [-0.3, -0.25) is 0 Å². The molecule has 1 saturated heterocycles. The van der Waals surface area contributed by atoms with Crippen molar-refractivity contribution < 1.29 is 8.42 Å². The first-order chi connectivity index (χ1) is 11.4. The van der Waals surface area contributed by atoms with E-state index in [0.29, 0.717) is 24.5 Å². The molecule has 0 aliphatic carbocycles. The van der Waals surface area contributed by atoms with Gasteiger partial charge in [-0.05, 0) is 44.5 Å². The number of anilines is 1. The van der Waals surface area contributed by atoms with Crippen LogP contribution in [0.3, 0.4) is 0 Å². The van der Waals surface area contributed by atoms with Gasteiger partial charge in [0.05, 0.1) is 4.90 Å². The van der Waals surface area contributed by atoms with Gasteiger partial charge in [-0.15, -0.1) is 0 Å². The average molecular weight is 344 g/mol. The van der Waals surface area contributed by atoms with Crippen LogP contribution in [0.15, 0.2) is 53.4 Å². The molecule has 1 unspecified atom stereocenters. The zero-order valence-corrected chi connectivity index (χ0v) is 15.3. The Morgan fingerprint density at radius 2 is 1.71 bits per heavy atom. The quantitative estimate of drug-likeness (QED) is 0.858. The topological polar surface area (TPSA) is 40.6 Å². The van der Waals surface area contributed by atoms with Crippen LogP contribution in [0, 0.1) is 13.8 Å². The average Bonchev–Trinajstić information content (AvgIpc) is 2.55. The SMILES string of the molecule is Cc1ccc(S(=O)(=O)N2CCN(c3ccccc3)C(C)C2)c(C)c1. The van der Waals surface area contributed by atoms with Crippen LogP contribution in [0.5, 0.6) is 0 Å². The highest BCUT2D eigenvalue weighted by Gasteiger charge is 2.33. The Bertz CT molecular complexity index is 819. The molecule has 1 aliphatic rings. The minimum Gasteiger partial charge on any atom is -0.366 e. The Hall–Kier alpha value is -1.85. The molecule has 0 amide bonds. The van der Waals surface area contributed by atoms with Gasteiger partial charge >= 0.3 is 0 Å². The molecule has 4 nitrogen and oxygen atoms in total. The summed E-state index contributed by atoms with van der Waals surface area (Å²) in [5.74, 6) is 0. The lowest BCUT2D eigenvalue weighted by Crippen LogP contribution is -2.53. The molecule has 1 fully saturated rings. The van der Waals surface area contributed by atoms with E-state index >= 15 is 0 Å². The van der Waals surface area contributed by atoms with Crippen LogP contribution >= 0.6 is 0 Å². The lowest BCUT2D eigenvalue weighted by atomic mass is 10.2. The lowest BCUT2D eigenvalue weighted by molar-refractivity contribution is 0.342. The van der Waals surface area contributed by atoms with E-state index in [0.717, 1.165) is 16.8 Å². The van der Waals surface area contributed by atoms with E-state index in [1.807, 2.05) is 44.2 Å². The third kappa shape index (κ3) is 3.19. The number of hydrogen-bond donors (Lipinski definition) is 0. The Morgan fingerprint density at radius 3 is 2.33 bits per heavy atom. The first-order valence-electron chi connectivity index (χ1n) is 8.28. The summed E-state index contributed by atoms with van der Waals surface area (Å²) in [6.45, 7) is 7.64. The Balaban J connectivity index is 1.82. The molecule has 0 N–H and O–H groups in total. The predicted octanol–water partition coefficient (Wildman–Crippen LogP) is 3.20. The van der Waals surface area contributed by atoms with E-state index in [2.05, 4.69) is 24.0 Å². The minimum absolute atomic E-state index is 0.140. The molecule has 0 aromatic heterocycles. The molecule has 2 aromatic carbocycles. The second-order valence-corrected chi connectivity index (χ2v) is 8.42. The molecule has 2 aromatic rings. The number of para-hydroxylation sites is 1. The van der Waals surface area contributed by atoms with Crippen molar-refractivity contribution in [2.45, 2.75) is 31.7 Å². The molecule has 0 bridgehead atoms. The van der Waals surface area contributed by atoms with Gasteiger partial charge in [0.2, 0.25) is 10.0 Å². The van der Waals surface area contributed by atoms with E-state index < -0.39 is 10.0 Å². The van der Waals surface area contributed by atoms with Crippen molar-refractivity contribution in [3.05, 3.63) is 59.7 Å². The smallest absolute Gasteiger partial charge is 0.243 e. The van der Waals surface area contributed by atoms with Crippen LogP contribution in [0.1, 0.15) is 18.1 Å². The summed E-state index contributed by atoms with van der Waals surface area (Å²) in [6, 6.07) is 15.8. The van der Waals surface area contributed by atoms with Crippen LogP contribution < -0.4 is 4.90 Å². The highest BCUT2D eigenvalue weighted by molar-refractivity contribution is 7.89. The molecule has 128 valence electrons. The summed E-state index contributed by atoms with van der Waals surface area (Å²) in [5.41, 5.74) is 3.04. The molecule has 5 heteroatoms. The number of nitrogens with zero attached hydrogens (tertiary/aromatic N) is 2. The number of piperazine rings is 1. The van der Waals surface area contributed by atoms with Crippen LogP contribution in [0.25, 0.3) is 0 Å². The third-order valence-corrected chi connectivity index (χ3v) is 6.65. The number of sulfonamides is 1. The van der Waals surface area contributed by atoms with E-state index in [4.69, 9.17) is 0 Å². The second kappa shape index (κ2) is 6.57. The van der Waals surface area contributed by atoms with E-state index in [1.54, 1.807) is 10.4 Å². The van der Waals surface area contributed by atoms with Crippen molar-refractivity contribution in [3.63, 3.8) is 0 Å². The standard InChI is InChI=1S/C19H24N2O2S/c1-15-9-10-19(16(2)13-15)24(22,23)20-11-12-21(17(3)14-20)18-7-5-4-6-8-18/h4-10,13,17H,11-12,14H2,1-3H3. The zero-order valence-electron chi connectivity index (χ0n) is 14.4. The lowest BCUT2D eigenvalue weighted by Gasteiger charge is -2.40. The van der Waals surface area contributed by atoms with Crippen molar-refractivity contribution in [2.75, 3.05) is 24.5 Å². The van der Waals surface area contributed by atoms with Crippen molar-refractivity contribution in [1.82, 2.24) is 4.31 Å². The molecule has 24 heavy (non-hydrogen) atoms. The van der Waals surface area contributed by atoms with E-state index in [1.165, 1.54) is 0 Å². The molecular formula is C19H24N2O2S. The van der Waals surface area contributed by atoms with Crippen LogP contribution in [0.2, 0.25) is 0 Å². The summed E-state index contributed by atoms with van der Waals surface area (Å²) in [4.78, 5) is 2.70.